The summed E-state index contributed by atoms with van der Waals surface area (Å²) in [5, 5.41) is 13.9. The van der Waals surface area contributed by atoms with E-state index in [-0.39, 0.29) is 12.4 Å². The molecule has 0 saturated heterocycles. The summed E-state index contributed by atoms with van der Waals surface area (Å²) in [7, 11) is 0. The number of hydrogen-bond acceptors (Lipinski definition) is 3. The van der Waals surface area contributed by atoms with Crippen LogP contribution in [0.3, 0.4) is 0 Å². The van der Waals surface area contributed by atoms with Gasteiger partial charge in [0, 0.05) is 23.4 Å². The van der Waals surface area contributed by atoms with Gasteiger partial charge in [0.1, 0.15) is 18.1 Å². The van der Waals surface area contributed by atoms with Gasteiger partial charge in [0.2, 0.25) is 0 Å². The van der Waals surface area contributed by atoms with Gasteiger partial charge in [-0.25, -0.2) is 9.18 Å². The third-order valence-electron chi connectivity index (χ3n) is 6.68. The fourth-order valence-electron chi connectivity index (χ4n) is 5.02. The van der Waals surface area contributed by atoms with E-state index in [1.165, 1.54) is 11.8 Å². The second kappa shape index (κ2) is 11.4. The van der Waals surface area contributed by atoms with Crippen molar-refractivity contribution in [1.82, 2.24) is 9.78 Å². The summed E-state index contributed by atoms with van der Waals surface area (Å²) >= 11 is 0. The van der Waals surface area contributed by atoms with Crippen LogP contribution in [-0.4, -0.2) is 34.1 Å². The highest BCUT2D eigenvalue weighted by atomic mass is 19.1. The Morgan fingerprint density at radius 1 is 1.06 bits per heavy atom. The third kappa shape index (κ3) is 5.92. The molecule has 1 N–H and O–H groups in total. The second-order valence-corrected chi connectivity index (χ2v) is 9.27. The van der Waals surface area contributed by atoms with Crippen molar-refractivity contribution >= 4 is 5.97 Å². The number of ether oxygens (including phenoxy) is 1. The molecule has 0 bridgehead atoms. The molecular formula is C28H33FN2O3. The summed E-state index contributed by atoms with van der Waals surface area (Å²) in [5.74, 6) is -0.226. The van der Waals surface area contributed by atoms with Crippen LogP contribution >= 0.6 is 0 Å². The van der Waals surface area contributed by atoms with E-state index >= 15 is 0 Å². The summed E-state index contributed by atoms with van der Waals surface area (Å²) in [4.78, 5) is 10.7. The molecule has 0 unspecified atom stereocenters. The van der Waals surface area contributed by atoms with Gasteiger partial charge in [0.05, 0.1) is 6.61 Å². The molecule has 0 spiro atoms. The van der Waals surface area contributed by atoms with Gasteiger partial charge in [0.25, 0.3) is 0 Å². The Kier molecular flexibility index (Phi) is 8.12. The molecule has 0 radical (unpaired) electrons. The first-order valence-electron chi connectivity index (χ1n) is 12.3. The van der Waals surface area contributed by atoms with Crippen molar-refractivity contribution in [3.05, 3.63) is 66.1 Å². The van der Waals surface area contributed by atoms with Crippen LogP contribution in [-0.2, 0) is 22.5 Å². The molecule has 6 heteroatoms. The van der Waals surface area contributed by atoms with E-state index in [2.05, 4.69) is 23.7 Å². The van der Waals surface area contributed by atoms with E-state index in [4.69, 9.17) is 14.9 Å². The number of hydrogen-bond donors (Lipinski definition) is 1. The number of nitrogens with zero attached hydrogens (tertiary/aromatic N) is 2. The van der Waals surface area contributed by atoms with Gasteiger partial charge in [-0.05, 0) is 61.6 Å². The maximum Gasteiger partial charge on any atom is 0.329 e. The number of carbonyl (C=O) groups is 1. The molecule has 1 saturated carbocycles. The van der Waals surface area contributed by atoms with Gasteiger partial charge in [0.15, 0.2) is 0 Å². The normalized spacial score (nSPS) is 18.2. The molecule has 0 aliphatic heterocycles. The molecule has 5 nitrogen and oxygen atoms in total. The smallest absolute Gasteiger partial charge is 0.329 e. The molecule has 1 aliphatic carbocycles. The molecular weight excluding hydrogens is 431 g/mol. The van der Waals surface area contributed by atoms with Gasteiger partial charge < -0.3 is 9.84 Å². The van der Waals surface area contributed by atoms with Crippen LogP contribution in [0.4, 0.5) is 4.39 Å². The van der Waals surface area contributed by atoms with Crippen LogP contribution < -0.4 is 0 Å². The zero-order valence-electron chi connectivity index (χ0n) is 19.8. The minimum Gasteiger partial charge on any atom is -0.480 e. The Morgan fingerprint density at radius 3 is 2.44 bits per heavy atom. The monoisotopic (exact) mass is 464 g/mol. The molecule has 180 valence electrons. The number of benzene rings is 2. The summed E-state index contributed by atoms with van der Waals surface area (Å²) < 4.78 is 21.7. The van der Waals surface area contributed by atoms with Crippen LogP contribution in [0.15, 0.2) is 54.6 Å². The number of carboxylic acids is 1. The standard InChI is InChI=1S/C28H33FN2O3/c1-2-7-25-27(23-10-6-11-24(29)16-23)28(22-8-4-3-5-9-22)30-31(25)17-20-12-14-21(15-13-20)18-34-19-26(32)33/h3-6,8-11,16,20-21H,2,7,12-15,17-19H2,1H3,(H,32,33)/t20-,21+. The topological polar surface area (TPSA) is 64.4 Å². The van der Waals surface area contributed by atoms with Crippen molar-refractivity contribution in [2.75, 3.05) is 13.2 Å². The average Bonchev–Trinajstić information content (AvgIpc) is 3.19. The molecule has 1 aromatic heterocycles. The zero-order valence-corrected chi connectivity index (χ0v) is 19.8. The van der Waals surface area contributed by atoms with Gasteiger partial charge >= 0.3 is 5.97 Å². The lowest BCUT2D eigenvalue weighted by Crippen LogP contribution is -2.23. The number of aliphatic carboxylic acids is 1. The molecule has 3 aromatic rings. The Balaban J connectivity index is 1.59. The SMILES string of the molecule is CCCc1c(-c2cccc(F)c2)c(-c2ccccc2)nn1C[C@H]1CC[C@@H](COCC(=O)O)CC1. The van der Waals surface area contributed by atoms with Gasteiger partial charge in [-0.15, -0.1) is 0 Å². The molecule has 0 atom stereocenters. The van der Waals surface area contributed by atoms with E-state index < -0.39 is 5.97 Å². The highest BCUT2D eigenvalue weighted by Crippen LogP contribution is 2.37. The summed E-state index contributed by atoms with van der Waals surface area (Å²) in [6.07, 6.45) is 6.08. The predicted octanol–water partition coefficient (Wildman–Crippen LogP) is 6.22. The first-order valence-corrected chi connectivity index (χ1v) is 12.3. The average molecular weight is 465 g/mol. The van der Waals surface area contributed by atoms with Gasteiger partial charge in [-0.3, -0.25) is 4.68 Å². The van der Waals surface area contributed by atoms with Crippen molar-refractivity contribution in [2.24, 2.45) is 11.8 Å². The van der Waals surface area contributed by atoms with E-state index in [9.17, 15) is 9.18 Å². The predicted molar refractivity (Wildman–Crippen MR) is 131 cm³/mol. The van der Waals surface area contributed by atoms with Crippen molar-refractivity contribution in [3.63, 3.8) is 0 Å². The van der Waals surface area contributed by atoms with E-state index in [0.29, 0.717) is 18.4 Å². The second-order valence-electron chi connectivity index (χ2n) is 9.27. The number of rotatable bonds is 10. The first kappa shape index (κ1) is 24.1. The van der Waals surface area contributed by atoms with Crippen LogP contribution in [0.1, 0.15) is 44.7 Å². The van der Waals surface area contributed by atoms with E-state index in [1.54, 1.807) is 12.1 Å². The minimum atomic E-state index is -0.917. The molecule has 1 aliphatic rings. The minimum absolute atomic E-state index is 0.223. The Bertz CT molecular complexity index is 1090. The fourth-order valence-corrected chi connectivity index (χ4v) is 5.02. The highest BCUT2D eigenvalue weighted by molar-refractivity contribution is 5.82. The van der Waals surface area contributed by atoms with Crippen molar-refractivity contribution < 1.29 is 19.0 Å². The number of carboxylic acid groups (broad SMARTS) is 1. The zero-order chi connectivity index (χ0) is 23.9. The molecule has 1 fully saturated rings. The highest BCUT2D eigenvalue weighted by Gasteiger charge is 2.26. The number of halogens is 1. The fraction of sp³-hybridized carbons (Fsp3) is 0.429. The molecule has 0 amide bonds. The lowest BCUT2D eigenvalue weighted by atomic mass is 9.82. The third-order valence-corrected chi connectivity index (χ3v) is 6.68. The molecule has 34 heavy (non-hydrogen) atoms. The Hall–Kier alpha value is -2.99. The van der Waals surface area contributed by atoms with Crippen LogP contribution in [0.2, 0.25) is 0 Å². The number of aromatic nitrogens is 2. The quantitative estimate of drug-likeness (QED) is 0.387. The van der Waals surface area contributed by atoms with Crippen LogP contribution in [0.25, 0.3) is 22.4 Å². The molecule has 2 aromatic carbocycles. The Labute approximate surface area is 200 Å². The van der Waals surface area contributed by atoms with Gasteiger partial charge in [-0.1, -0.05) is 55.8 Å². The maximum atomic E-state index is 14.2. The van der Waals surface area contributed by atoms with Gasteiger partial charge in [-0.2, -0.15) is 5.10 Å². The summed E-state index contributed by atoms with van der Waals surface area (Å²) in [6.45, 7) is 3.30. The van der Waals surface area contributed by atoms with Crippen LogP contribution in [0.5, 0.6) is 0 Å². The molecule has 1 heterocycles. The largest absolute Gasteiger partial charge is 0.480 e. The summed E-state index contributed by atoms with van der Waals surface area (Å²) in [5.41, 5.74) is 5.01. The maximum absolute atomic E-state index is 14.2. The van der Waals surface area contributed by atoms with Crippen molar-refractivity contribution in [3.8, 4) is 22.4 Å². The summed E-state index contributed by atoms with van der Waals surface area (Å²) in [6, 6.07) is 17.0. The first-order chi connectivity index (χ1) is 16.5. The van der Waals surface area contributed by atoms with Crippen molar-refractivity contribution in [1.29, 1.82) is 0 Å². The van der Waals surface area contributed by atoms with Crippen LogP contribution in [0, 0.1) is 17.7 Å². The van der Waals surface area contributed by atoms with E-state index in [0.717, 1.165) is 67.5 Å². The lowest BCUT2D eigenvalue weighted by molar-refractivity contribution is -0.142. The van der Waals surface area contributed by atoms with Crippen molar-refractivity contribution in [2.45, 2.75) is 52.0 Å². The molecule has 4 rings (SSSR count). The lowest BCUT2D eigenvalue weighted by Gasteiger charge is -2.28. The van der Waals surface area contributed by atoms with E-state index in [1.807, 2.05) is 24.3 Å². The Morgan fingerprint density at radius 2 is 1.76 bits per heavy atom.